The van der Waals surface area contributed by atoms with Crippen molar-refractivity contribution < 1.29 is 14.3 Å². The van der Waals surface area contributed by atoms with Crippen molar-refractivity contribution >= 4 is 17.6 Å². The van der Waals surface area contributed by atoms with Gasteiger partial charge in [0.2, 0.25) is 0 Å². The van der Waals surface area contributed by atoms with Gasteiger partial charge in [-0.25, -0.2) is 0 Å². The van der Waals surface area contributed by atoms with Gasteiger partial charge in [-0.2, -0.15) is 0 Å². The molecule has 0 aliphatic rings. The third-order valence-electron chi connectivity index (χ3n) is 2.15. The van der Waals surface area contributed by atoms with Gasteiger partial charge >= 0.3 is 5.97 Å². The Morgan fingerprint density at radius 1 is 1.24 bits per heavy atom. The molecule has 0 aliphatic carbocycles. The summed E-state index contributed by atoms with van der Waals surface area (Å²) in [5.74, 6) is 0.489. The molecule has 1 aromatic rings. The van der Waals surface area contributed by atoms with Crippen LogP contribution in [0.5, 0.6) is 5.75 Å². The first kappa shape index (κ1) is 13.8. The van der Waals surface area contributed by atoms with Gasteiger partial charge in [-0.15, -0.1) is 0 Å². The highest BCUT2D eigenvalue weighted by Gasteiger charge is 2.02. The number of rotatable bonds is 7. The smallest absolute Gasteiger partial charge is 0.309 e. The summed E-state index contributed by atoms with van der Waals surface area (Å²) in [6, 6.07) is 7.03. The van der Waals surface area contributed by atoms with E-state index in [0.29, 0.717) is 24.0 Å². The Morgan fingerprint density at radius 3 is 2.59 bits per heavy atom. The van der Waals surface area contributed by atoms with Gasteiger partial charge in [-0.1, -0.05) is 24.9 Å². The second-order valence-corrected chi connectivity index (χ2v) is 4.06. The Hall–Kier alpha value is -1.22. The average Bonchev–Trinajstić information content (AvgIpc) is 2.32. The van der Waals surface area contributed by atoms with Crippen LogP contribution in [0.1, 0.15) is 26.2 Å². The fourth-order valence-corrected chi connectivity index (χ4v) is 1.31. The van der Waals surface area contributed by atoms with Gasteiger partial charge in [0.05, 0.1) is 19.6 Å². The first-order valence-corrected chi connectivity index (χ1v) is 6.14. The lowest BCUT2D eigenvalue weighted by molar-refractivity contribution is -0.144. The first-order chi connectivity index (χ1) is 8.22. The Kier molecular flexibility index (Phi) is 6.48. The molecule has 0 aliphatic heterocycles. The quantitative estimate of drug-likeness (QED) is 0.554. The highest BCUT2D eigenvalue weighted by Crippen LogP contribution is 2.15. The van der Waals surface area contributed by atoms with Gasteiger partial charge in [-0.05, 0) is 30.7 Å². The Balaban J connectivity index is 2.14. The number of hydrogen-bond donors (Lipinski definition) is 0. The van der Waals surface area contributed by atoms with Crippen LogP contribution in [-0.2, 0) is 9.53 Å². The van der Waals surface area contributed by atoms with Crippen LogP contribution in [0.15, 0.2) is 24.3 Å². The van der Waals surface area contributed by atoms with Crippen LogP contribution in [-0.4, -0.2) is 19.2 Å². The summed E-state index contributed by atoms with van der Waals surface area (Å²) >= 11 is 5.74. The van der Waals surface area contributed by atoms with Gasteiger partial charge in [0.25, 0.3) is 0 Å². The minimum Gasteiger partial charge on any atom is -0.493 e. The maximum absolute atomic E-state index is 11.2. The van der Waals surface area contributed by atoms with E-state index in [1.54, 1.807) is 24.3 Å². The SMILES string of the molecule is CCCCOC(=O)CCOc1ccc(Cl)cc1. The van der Waals surface area contributed by atoms with Crippen LogP contribution in [0.25, 0.3) is 0 Å². The zero-order chi connectivity index (χ0) is 12.5. The van der Waals surface area contributed by atoms with Crippen molar-refractivity contribution in [1.29, 1.82) is 0 Å². The van der Waals surface area contributed by atoms with Gasteiger partial charge < -0.3 is 9.47 Å². The molecule has 0 saturated heterocycles. The number of halogens is 1. The van der Waals surface area contributed by atoms with Gasteiger partial charge in [0.15, 0.2) is 0 Å². The lowest BCUT2D eigenvalue weighted by Gasteiger charge is -2.06. The van der Waals surface area contributed by atoms with Crippen molar-refractivity contribution in [2.24, 2.45) is 0 Å². The Morgan fingerprint density at radius 2 is 1.94 bits per heavy atom. The normalized spacial score (nSPS) is 10.0. The summed E-state index contributed by atoms with van der Waals surface area (Å²) in [5, 5.41) is 0.663. The van der Waals surface area contributed by atoms with Gasteiger partial charge in [0, 0.05) is 5.02 Å². The van der Waals surface area contributed by atoms with Crippen LogP contribution in [0.4, 0.5) is 0 Å². The van der Waals surface area contributed by atoms with E-state index in [0.717, 1.165) is 12.8 Å². The number of carbonyl (C=O) groups excluding carboxylic acids is 1. The molecule has 0 bridgehead atoms. The van der Waals surface area contributed by atoms with E-state index in [9.17, 15) is 4.79 Å². The van der Waals surface area contributed by atoms with Crippen LogP contribution >= 0.6 is 11.6 Å². The van der Waals surface area contributed by atoms with Crippen LogP contribution < -0.4 is 4.74 Å². The second kappa shape index (κ2) is 7.96. The molecular weight excluding hydrogens is 240 g/mol. The highest BCUT2D eigenvalue weighted by molar-refractivity contribution is 6.30. The molecular formula is C13H17ClO3. The molecule has 4 heteroatoms. The zero-order valence-electron chi connectivity index (χ0n) is 9.95. The first-order valence-electron chi connectivity index (χ1n) is 5.76. The van der Waals surface area contributed by atoms with E-state index in [1.165, 1.54) is 0 Å². The van der Waals surface area contributed by atoms with E-state index in [2.05, 4.69) is 6.92 Å². The molecule has 1 rings (SSSR count). The summed E-state index contributed by atoms with van der Waals surface area (Å²) in [5.41, 5.74) is 0. The molecule has 0 aromatic heterocycles. The molecule has 0 unspecified atom stereocenters. The Bertz CT molecular complexity index is 335. The van der Waals surface area contributed by atoms with E-state index in [1.807, 2.05) is 0 Å². The van der Waals surface area contributed by atoms with Crippen molar-refractivity contribution in [3.63, 3.8) is 0 Å². The van der Waals surface area contributed by atoms with Crippen LogP contribution in [0.2, 0.25) is 5.02 Å². The highest BCUT2D eigenvalue weighted by atomic mass is 35.5. The molecule has 0 fully saturated rings. The molecule has 0 heterocycles. The number of ether oxygens (including phenoxy) is 2. The van der Waals surface area contributed by atoms with E-state index in [4.69, 9.17) is 21.1 Å². The van der Waals surface area contributed by atoms with Gasteiger partial charge in [-0.3, -0.25) is 4.79 Å². The average molecular weight is 257 g/mol. The van der Waals surface area contributed by atoms with Crippen molar-refractivity contribution in [3.05, 3.63) is 29.3 Å². The lowest BCUT2D eigenvalue weighted by Crippen LogP contribution is -2.10. The summed E-state index contributed by atoms with van der Waals surface area (Å²) in [6.45, 7) is 2.88. The van der Waals surface area contributed by atoms with Crippen LogP contribution in [0, 0.1) is 0 Å². The molecule has 0 spiro atoms. The van der Waals surface area contributed by atoms with Crippen molar-refractivity contribution in [3.8, 4) is 5.75 Å². The summed E-state index contributed by atoms with van der Waals surface area (Å²) in [6.07, 6.45) is 2.20. The molecule has 94 valence electrons. The standard InChI is InChI=1S/C13H17ClO3/c1-2-3-9-17-13(15)8-10-16-12-6-4-11(14)5-7-12/h4-7H,2-3,8-10H2,1H3. The zero-order valence-corrected chi connectivity index (χ0v) is 10.7. The maximum atomic E-state index is 11.2. The molecule has 17 heavy (non-hydrogen) atoms. The molecule has 0 N–H and O–H groups in total. The summed E-state index contributed by atoms with van der Waals surface area (Å²) < 4.78 is 10.4. The largest absolute Gasteiger partial charge is 0.493 e. The van der Waals surface area contributed by atoms with Crippen molar-refractivity contribution in [2.45, 2.75) is 26.2 Å². The minimum absolute atomic E-state index is 0.215. The molecule has 1 aromatic carbocycles. The van der Waals surface area contributed by atoms with E-state index < -0.39 is 0 Å². The number of esters is 1. The fourth-order valence-electron chi connectivity index (χ4n) is 1.19. The van der Waals surface area contributed by atoms with Gasteiger partial charge in [0.1, 0.15) is 5.75 Å². The topological polar surface area (TPSA) is 35.5 Å². The molecule has 0 atom stereocenters. The van der Waals surface area contributed by atoms with Crippen molar-refractivity contribution in [1.82, 2.24) is 0 Å². The number of unbranched alkanes of at least 4 members (excludes halogenated alkanes) is 1. The summed E-state index contributed by atoms with van der Waals surface area (Å²) in [7, 11) is 0. The Labute approximate surface area is 107 Å². The summed E-state index contributed by atoms with van der Waals surface area (Å²) in [4.78, 5) is 11.2. The molecule has 0 amide bonds. The fraction of sp³-hybridized carbons (Fsp3) is 0.462. The molecule has 0 saturated carbocycles. The minimum atomic E-state index is -0.215. The van der Waals surface area contributed by atoms with Crippen molar-refractivity contribution in [2.75, 3.05) is 13.2 Å². The predicted molar refractivity (Wildman–Crippen MR) is 67.4 cm³/mol. The number of benzene rings is 1. The molecule has 3 nitrogen and oxygen atoms in total. The molecule has 0 radical (unpaired) electrons. The third-order valence-corrected chi connectivity index (χ3v) is 2.40. The third kappa shape index (κ3) is 6.17. The number of hydrogen-bond acceptors (Lipinski definition) is 3. The van der Waals surface area contributed by atoms with E-state index >= 15 is 0 Å². The lowest BCUT2D eigenvalue weighted by atomic mass is 10.3. The maximum Gasteiger partial charge on any atom is 0.309 e. The predicted octanol–water partition coefficient (Wildman–Crippen LogP) is 3.45. The van der Waals surface area contributed by atoms with E-state index in [-0.39, 0.29) is 12.4 Å². The number of carbonyl (C=O) groups is 1. The monoisotopic (exact) mass is 256 g/mol. The second-order valence-electron chi connectivity index (χ2n) is 3.63. The van der Waals surface area contributed by atoms with Crippen LogP contribution in [0.3, 0.4) is 0 Å².